The standard InChI is InChI=1S/C22H23NO/c1-23(2)19-14-17-7-3-4-10-20(17)21(15-19)16-8-5-9-18(13-16)22-11-6-12-24-22/h3-13,19,21H,14-15H2,1-2H3. The molecule has 2 unspecified atom stereocenters. The summed E-state index contributed by atoms with van der Waals surface area (Å²) in [7, 11) is 4.38. The van der Waals surface area contributed by atoms with Crippen molar-refractivity contribution in [3.8, 4) is 11.3 Å². The molecule has 1 heterocycles. The number of rotatable bonds is 3. The first-order valence-corrected chi connectivity index (χ1v) is 8.60. The summed E-state index contributed by atoms with van der Waals surface area (Å²) in [6.07, 6.45) is 4.03. The van der Waals surface area contributed by atoms with Crippen molar-refractivity contribution < 1.29 is 4.42 Å². The van der Waals surface area contributed by atoms with Gasteiger partial charge < -0.3 is 9.32 Å². The highest BCUT2D eigenvalue weighted by atomic mass is 16.3. The minimum Gasteiger partial charge on any atom is -0.464 e. The maximum atomic E-state index is 5.58. The van der Waals surface area contributed by atoms with Gasteiger partial charge >= 0.3 is 0 Å². The highest BCUT2D eigenvalue weighted by molar-refractivity contribution is 5.59. The first-order chi connectivity index (χ1) is 11.7. The van der Waals surface area contributed by atoms with Gasteiger partial charge in [-0.25, -0.2) is 0 Å². The van der Waals surface area contributed by atoms with Crippen LogP contribution < -0.4 is 0 Å². The van der Waals surface area contributed by atoms with Crippen molar-refractivity contribution in [1.82, 2.24) is 4.90 Å². The van der Waals surface area contributed by atoms with E-state index < -0.39 is 0 Å². The van der Waals surface area contributed by atoms with Crippen LogP contribution in [0.4, 0.5) is 0 Å². The van der Waals surface area contributed by atoms with E-state index in [0.29, 0.717) is 12.0 Å². The molecule has 24 heavy (non-hydrogen) atoms. The third-order valence-corrected chi connectivity index (χ3v) is 5.22. The van der Waals surface area contributed by atoms with Gasteiger partial charge in [0.1, 0.15) is 5.76 Å². The molecule has 0 saturated heterocycles. The van der Waals surface area contributed by atoms with Gasteiger partial charge in [-0.3, -0.25) is 0 Å². The van der Waals surface area contributed by atoms with Crippen molar-refractivity contribution in [2.24, 2.45) is 0 Å². The number of fused-ring (bicyclic) bond motifs is 1. The topological polar surface area (TPSA) is 16.4 Å². The normalized spacial score (nSPS) is 20.1. The van der Waals surface area contributed by atoms with E-state index in [9.17, 15) is 0 Å². The molecule has 0 fully saturated rings. The number of benzene rings is 2. The third kappa shape index (κ3) is 2.78. The molecular weight excluding hydrogens is 294 g/mol. The number of hydrogen-bond acceptors (Lipinski definition) is 2. The van der Waals surface area contributed by atoms with Crippen LogP contribution in [0.1, 0.15) is 29.0 Å². The van der Waals surface area contributed by atoms with Crippen LogP contribution in [0.2, 0.25) is 0 Å². The smallest absolute Gasteiger partial charge is 0.133 e. The van der Waals surface area contributed by atoms with Gasteiger partial charge in [-0.05, 0) is 61.8 Å². The molecule has 1 aliphatic rings. The lowest BCUT2D eigenvalue weighted by Crippen LogP contribution is -2.35. The fourth-order valence-electron chi connectivity index (χ4n) is 3.86. The number of hydrogen-bond donors (Lipinski definition) is 0. The second-order valence-corrected chi connectivity index (χ2v) is 6.91. The highest BCUT2D eigenvalue weighted by Crippen LogP contribution is 2.39. The first kappa shape index (κ1) is 15.2. The molecule has 0 saturated carbocycles. The van der Waals surface area contributed by atoms with Crippen LogP contribution in [0.15, 0.2) is 71.3 Å². The molecule has 4 rings (SSSR count). The summed E-state index contributed by atoms with van der Waals surface area (Å²) >= 11 is 0. The predicted molar refractivity (Wildman–Crippen MR) is 98.2 cm³/mol. The molecule has 0 spiro atoms. The Hall–Kier alpha value is -2.32. The fourth-order valence-corrected chi connectivity index (χ4v) is 3.86. The van der Waals surface area contributed by atoms with Gasteiger partial charge in [0.05, 0.1) is 6.26 Å². The van der Waals surface area contributed by atoms with Crippen LogP contribution in [0.5, 0.6) is 0 Å². The Morgan fingerprint density at radius 1 is 0.958 bits per heavy atom. The third-order valence-electron chi connectivity index (χ3n) is 5.22. The Kier molecular flexibility index (Phi) is 3.99. The zero-order chi connectivity index (χ0) is 16.5. The largest absolute Gasteiger partial charge is 0.464 e. The zero-order valence-corrected chi connectivity index (χ0v) is 14.3. The molecular formula is C22H23NO. The molecule has 122 valence electrons. The van der Waals surface area contributed by atoms with Gasteiger partial charge in [-0.15, -0.1) is 0 Å². The van der Waals surface area contributed by atoms with Crippen LogP contribution in [0.25, 0.3) is 11.3 Å². The summed E-state index contributed by atoms with van der Waals surface area (Å²) in [5, 5.41) is 0. The molecule has 3 aromatic rings. The van der Waals surface area contributed by atoms with E-state index in [1.165, 1.54) is 16.7 Å². The zero-order valence-electron chi connectivity index (χ0n) is 14.3. The minimum atomic E-state index is 0.442. The Morgan fingerprint density at radius 2 is 1.83 bits per heavy atom. The van der Waals surface area contributed by atoms with Crippen molar-refractivity contribution in [2.45, 2.75) is 24.8 Å². The van der Waals surface area contributed by atoms with Gasteiger partial charge in [0.15, 0.2) is 0 Å². The predicted octanol–water partition coefficient (Wildman–Crippen LogP) is 4.95. The van der Waals surface area contributed by atoms with Gasteiger partial charge in [0, 0.05) is 17.5 Å². The first-order valence-electron chi connectivity index (χ1n) is 8.60. The highest BCUT2D eigenvalue weighted by Gasteiger charge is 2.29. The maximum Gasteiger partial charge on any atom is 0.133 e. The second-order valence-electron chi connectivity index (χ2n) is 6.91. The Morgan fingerprint density at radius 3 is 2.62 bits per heavy atom. The number of furan rings is 1. The molecule has 0 radical (unpaired) electrons. The van der Waals surface area contributed by atoms with E-state index in [1.807, 2.05) is 12.1 Å². The summed E-state index contributed by atoms with van der Waals surface area (Å²) < 4.78 is 5.58. The Balaban J connectivity index is 1.76. The number of likely N-dealkylation sites (N-methyl/N-ethyl adjacent to an activating group) is 1. The van der Waals surface area contributed by atoms with Crippen molar-refractivity contribution in [2.75, 3.05) is 14.1 Å². The van der Waals surface area contributed by atoms with E-state index in [2.05, 4.69) is 67.5 Å². The second kappa shape index (κ2) is 6.29. The Bertz CT molecular complexity index is 820. The van der Waals surface area contributed by atoms with Gasteiger partial charge in [0.25, 0.3) is 0 Å². The van der Waals surface area contributed by atoms with Crippen molar-refractivity contribution in [3.63, 3.8) is 0 Å². The fraction of sp³-hybridized carbons (Fsp3) is 0.273. The van der Waals surface area contributed by atoms with E-state index in [-0.39, 0.29) is 0 Å². The quantitative estimate of drug-likeness (QED) is 0.679. The molecule has 2 heteroatoms. The minimum absolute atomic E-state index is 0.442. The van der Waals surface area contributed by atoms with E-state index in [4.69, 9.17) is 4.42 Å². The number of nitrogens with zero attached hydrogens (tertiary/aromatic N) is 1. The lowest BCUT2D eigenvalue weighted by Gasteiger charge is -2.35. The average molecular weight is 317 g/mol. The maximum absolute atomic E-state index is 5.58. The van der Waals surface area contributed by atoms with Crippen LogP contribution in [0, 0.1) is 0 Å². The molecule has 2 nitrogen and oxygen atoms in total. The molecule has 0 aliphatic heterocycles. The summed E-state index contributed by atoms with van der Waals surface area (Å²) in [5.41, 5.74) is 5.49. The van der Waals surface area contributed by atoms with Crippen LogP contribution in [0.3, 0.4) is 0 Å². The van der Waals surface area contributed by atoms with Gasteiger partial charge in [0.2, 0.25) is 0 Å². The molecule has 1 aliphatic carbocycles. The summed E-state index contributed by atoms with van der Waals surface area (Å²) in [6.45, 7) is 0. The molecule has 0 N–H and O–H groups in total. The van der Waals surface area contributed by atoms with Crippen LogP contribution in [-0.4, -0.2) is 25.0 Å². The van der Waals surface area contributed by atoms with E-state index in [0.717, 1.165) is 24.2 Å². The Labute approximate surface area is 143 Å². The lowest BCUT2D eigenvalue weighted by atomic mass is 9.76. The summed E-state index contributed by atoms with van der Waals surface area (Å²) in [4.78, 5) is 2.36. The molecule has 2 atom stereocenters. The van der Waals surface area contributed by atoms with Gasteiger partial charge in [-0.1, -0.05) is 42.5 Å². The van der Waals surface area contributed by atoms with Crippen LogP contribution in [-0.2, 0) is 6.42 Å². The SMILES string of the molecule is CN(C)C1Cc2ccccc2C(c2cccc(-c3ccco3)c2)C1. The van der Waals surface area contributed by atoms with Crippen LogP contribution >= 0.6 is 0 Å². The summed E-state index contributed by atoms with van der Waals surface area (Å²) in [6, 6.07) is 22.3. The molecule has 1 aromatic heterocycles. The van der Waals surface area contributed by atoms with E-state index >= 15 is 0 Å². The molecule has 0 bridgehead atoms. The lowest BCUT2D eigenvalue weighted by molar-refractivity contribution is 0.258. The summed E-state index contributed by atoms with van der Waals surface area (Å²) in [5.74, 6) is 1.38. The van der Waals surface area contributed by atoms with Crippen molar-refractivity contribution in [3.05, 3.63) is 83.6 Å². The monoisotopic (exact) mass is 317 g/mol. The van der Waals surface area contributed by atoms with Crippen molar-refractivity contribution in [1.29, 1.82) is 0 Å². The molecule has 0 amide bonds. The average Bonchev–Trinajstić information content (AvgIpc) is 3.15. The van der Waals surface area contributed by atoms with Crippen molar-refractivity contribution >= 4 is 0 Å². The van der Waals surface area contributed by atoms with E-state index in [1.54, 1.807) is 6.26 Å². The van der Waals surface area contributed by atoms with Gasteiger partial charge in [-0.2, -0.15) is 0 Å². The molecule has 2 aromatic carbocycles.